The van der Waals surface area contributed by atoms with E-state index in [2.05, 4.69) is 23.6 Å². The van der Waals surface area contributed by atoms with Crippen LogP contribution >= 0.6 is 23.1 Å². The summed E-state index contributed by atoms with van der Waals surface area (Å²) in [7, 11) is 0. The topological polar surface area (TPSA) is 34.9 Å². The summed E-state index contributed by atoms with van der Waals surface area (Å²) in [5, 5.41) is 0.939. The number of aromatic nitrogens is 2. The van der Waals surface area contributed by atoms with Gasteiger partial charge < -0.3 is 0 Å². The van der Waals surface area contributed by atoms with Crippen molar-refractivity contribution in [3.05, 3.63) is 51.0 Å². The Hall–Kier alpha value is -1.59. The number of thioether (sulfide) groups is 1. The Balaban J connectivity index is 2.00. The Morgan fingerprint density at radius 2 is 2.00 bits per heavy atom. The van der Waals surface area contributed by atoms with Gasteiger partial charge in [0, 0.05) is 21.9 Å². The minimum absolute atomic E-state index is 0.159. The zero-order chi connectivity index (χ0) is 16.5. The number of para-hydroxylation sites is 1. The van der Waals surface area contributed by atoms with E-state index in [-0.39, 0.29) is 5.43 Å². The van der Waals surface area contributed by atoms with Crippen LogP contribution in [0, 0.1) is 0 Å². The molecule has 124 valence electrons. The second kappa shape index (κ2) is 6.73. The maximum Gasteiger partial charge on any atom is 0.211 e. The first-order valence-electron chi connectivity index (χ1n) is 8.55. The van der Waals surface area contributed by atoms with Gasteiger partial charge in [-0.3, -0.25) is 9.36 Å². The molecule has 1 aromatic carbocycles. The Morgan fingerprint density at radius 3 is 2.79 bits per heavy atom. The van der Waals surface area contributed by atoms with Crippen molar-refractivity contribution in [1.29, 1.82) is 0 Å². The predicted octanol–water partition coefficient (Wildman–Crippen LogP) is 4.83. The quantitative estimate of drug-likeness (QED) is 0.628. The van der Waals surface area contributed by atoms with Crippen molar-refractivity contribution in [1.82, 2.24) is 9.55 Å². The summed E-state index contributed by atoms with van der Waals surface area (Å²) in [5.74, 6) is 1.01. The van der Waals surface area contributed by atoms with Crippen LogP contribution in [0.2, 0.25) is 0 Å². The van der Waals surface area contributed by atoms with Crippen molar-refractivity contribution in [2.75, 3.05) is 5.75 Å². The van der Waals surface area contributed by atoms with Crippen LogP contribution in [-0.4, -0.2) is 15.3 Å². The van der Waals surface area contributed by atoms with E-state index < -0.39 is 0 Å². The number of fused-ring (bicyclic) bond motifs is 2. The number of benzene rings is 1. The summed E-state index contributed by atoms with van der Waals surface area (Å²) in [4.78, 5) is 20.0. The molecule has 5 heteroatoms. The lowest BCUT2D eigenvalue weighted by Gasteiger charge is -2.14. The Kier molecular flexibility index (Phi) is 4.46. The zero-order valence-corrected chi connectivity index (χ0v) is 15.4. The maximum atomic E-state index is 13.0. The molecule has 0 aliphatic heterocycles. The summed E-state index contributed by atoms with van der Waals surface area (Å²) >= 11 is 3.50. The lowest BCUT2D eigenvalue weighted by molar-refractivity contribution is 0.692. The predicted molar refractivity (Wildman–Crippen MR) is 103 cm³/mol. The molecule has 0 bridgehead atoms. The molecule has 0 N–H and O–H groups in total. The maximum absolute atomic E-state index is 13.0. The van der Waals surface area contributed by atoms with Crippen molar-refractivity contribution in [2.45, 2.75) is 44.2 Å². The van der Waals surface area contributed by atoms with Gasteiger partial charge in [-0.2, -0.15) is 0 Å². The minimum Gasteiger partial charge on any atom is -0.287 e. The van der Waals surface area contributed by atoms with Gasteiger partial charge in [-0.25, -0.2) is 4.98 Å². The van der Waals surface area contributed by atoms with Gasteiger partial charge in [-0.1, -0.05) is 36.9 Å². The molecule has 3 aromatic rings. The molecule has 24 heavy (non-hydrogen) atoms. The highest BCUT2D eigenvalue weighted by Crippen LogP contribution is 2.33. The highest BCUT2D eigenvalue weighted by molar-refractivity contribution is 7.99. The van der Waals surface area contributed by atoms with Crippen LogP contribution in [0.3, 0.4) is 0 Å². The molecular formula is C19H20N2OS2. The number of aryl methyl sites for hydroxylation is 1. The molecule has 0 radical (unpaired) electrons. The van der Waals surface area contributed by atoms with E-state index in [1.807, 2.05) is 18.2 Å². The van der Waals surface area contributed by atoms with E-state index in [4.69, 9.17) is 4.98 Å². The first-order valence-corrected chi connectivity index (χ1v) is 10.4. The highest BCUT2D eigenvalue weighted by atomic mass is 32.2. The Morgan fingerprint density at radius 1 is 1.21 bits per heavy atom. The summed E-state index contributed by atoms with van der Waals surface area (Å²) < 4.78 is 2.18. The van der Waals surface area contributed by atoms with Crippen molar-refractivity contribution in [3.63, 3.8) is 0 Å². The number of nitrogens with zero attached hydrogens (tertiary/aromatic N) is 2. The van der Waals surface area contributed by atoms with Crippen LogP contribution in [0.4, 0.5) is 0 Å². The molecule has 0 unspecified atom stereocenters. The van der Waals surface area contributed by atoms with Gasteiger partial charge in [0.15, 0.2) is 5.16 Å². The molecule has 1 aliphatic rings. The summed E-state index contributed by atoms with van der Waals surface area (Å²) in [6.07, 6.45) is 5.34. The number of hydrogen-bond donors (Lipinski definition) is 0. The van der Waals surface area contributed by atoms with Crippen LogP contribution in [0.5, 0.6) is 0 Å². The van der Waals surface area contributed by atoms with E-state index in [1.54, 1.807) is 23.1 Å². The minimum atomic E-state index is 0.159. The van der Waals surface area contributed by atoms with Crippen molar-refractivity contribution < 1.29 is 0 Å². The summed E-state index contributed by atoms with van der Waals surface area (Å²) in [6.45, 7) is 2.17. The number of imidazole rings is 1. The fourth-order valence-corrected chi connectivity index (χ4v) is 5.46. The fraction of sp³-hybridized carbons (Fsp3) is 0.368. The summed E-state index contributed by atoms with van der Waals surface area (Å²) in [6, 6.07) is 10.3. The lowest BCUT2D eigenvalue weighted by atomic mass is 9.98. The van der Waals surface area contributed by atoms with Crippen LogP contribution in [0.25, 0.3) is 16.0 Å². The molecule has 0 amide bonds. The second-order valence-corrected chi connectivity index (χ2v) is 8.25. The first kappa shape index (κ1) is 15.9. The first-order chi connectivity index (χ1) is 11.8. The van der Waals surface area contributed by atoms with E-state index in [9.17, 15) is 4.79 Å². The average molecular weight is 357 g/mol. The van der Waals surface area contributed by atoms with Crippen LogP contribution in [-0.2, 0) is 12.8 Å². The molecular weight excluding hydrogens is 336 g/mol. The molecule has 4 rings (SSSR count). The lowest BCUT2D eigenvalue weighted by Crippen LogP contribution is -2.15. The Labute approximate surface area is 149 Å². The van der Waals surface area contributed by atoms with Gasteiger partial charge in [0.2, 0.25) is 5.43 Å². The van der Waals surface area contributed by atoms with Gasteiger partial charge in [-0.05, 0) is 44.2 Å². The standard InChI is InChI=1S/C19H20N2OS2/c1-2-12-23-19-20-16-17(22)14-10-6-7-11-15(14)24-18(16)21(19)13-8-4-3-5-9-13/h3-5,8-9H,2,6-7,10-12H2,1H3. The fourth-order valence-electron chi connectivity index (χ4n) is 3.21. The third-order valence-electron chi connectivity index (χ3n) is 4.38. The molecule has 0 fully saturated rings. The SMILES string of the molecule is CCCSc1nc2c(=O)c3c(sc2n1-c1ccccc1)CCCC3. The molecule has 0 saturated heterocycles. The smallest absolute Gasteiger partial charge is 0.211 e. The van der Waals surface area contributed by atoms with Gasteiger partial charge >= 0.3 is 0 Å². The Bertz CT molecular complexity index is 928. The highest BCUT2D eigenvalue weighted by Gasteiger charge is 2.22. The molecule has 3 nitrogen and oxygen atoms in total. The average Bonchev–Trinajstić information content (AvgIpc) is 2.99. The van der Waals surface area contributed by atoms with Crippen LogP contribution in [0.15, 0.2) is 40.3 Å². The van der Waals surface area contributed by atoms with E-state index in [0.717, 1.165) is 52.7 Å². The second-order valence-electron chi connectivity index (χ2n) is 6.11. The van der Waals surface area contributed by atoms with Crippen molar-refractivity contribution in [3.8, 4) is 5.69 Å². The molecule has 0 atom stereocenters. The van der Waals surface area contributed by atoms with E-state index in [0.29, 0.717) is 5.52 Å². The third kappa shape index (κ3) is 2.70. The van der Waals surface area contributed by atoms with Gasteiger partial charge in [0.25, 0.3) is 0 Å². The van der Waals surface area contributed by atoms with Crippen LogP contribution < -0.4 is 5.43 Å². The van der Waals surface area contributed by atoms with E-state index >= 15 is 0 Å². The summed E-state index contributed by atoms with van der Waals surface area (Å²) in [5.41, 5.74) is 2.92. The molecule has 0 spiro atoms. The van der Waals surface area contributed by atoms with E-state index in [1.165, 1.54) is 11.3 Å². The number of rotatable bonds is 4. The molecule has 2 aromatic heterocycles. The number of hydrogen-bond acceptors (Lipinski definition) is 4. The van der Waals surface area contributed by atoms with Gasteiger partial charge in [0.05, 0.1) is 0 Å². The van der Waals surface area contributed by atoms with Crippen LogP contribution in [0.1, 0.15) is 36.6 Å². The van der Waals surface area contributed by atoms with Gasteiger partial charge in [-0.15, -0.1) is 11.3 Å². The largest absolute Gasteiger partial charge is 0.287 e. The van der Waals surface area contributed by atoms with Crippen molar-refractivity contribution >= 4 is 33.4 Å². The molecule has 1 aliphatic carbocycles. The van der Waals surface area contributed by atoms with Gasteiger partial charge in [0.1, 0.15) is 10.3 Å². The monoisotopic (exact) mass is 356 g/mol. The molecule has 0 saturated carbocycles. The normalized spacial score (nSPS) is 14.0. The zero-order valence-electron chi connectivity index (χ0n) is 13.7. The molecule has 2 heterocycles. The third-order valence-corrected chi connectivity index (χ3v) is 6.79. The van der Waals surface area contributed by atoms with Crippen molar-refractivity contribution in [2.24, 2.45) is 0 Å².